The Kier molecular flexibility index (Phi) is 6.62. The molecule has 0 saturated heterocycles. The lowest BCUT2D eigenvalue weighted by atomic mass is 9.77. The molecule has 1 fully saturated rings. The molecule has 0 aliphatic heterocycles. The van der Waals surface area contributed by atoms with Gasteiger partial charge in [0.05, 0.1) is 0 Å². The van der Waals surface area contributed by atoms with E-state index in [0.29, 0.717) is 11.6 Å². The molecule has 2 aromatic carbocycles. The van der Waals surface area contributed by atoms with Gasteiger partial charge in [0.15, 0.2) is 11.6 Å². The van der Waals surface area contributed by atoms with Crippen LogP contribution in [0.2, 0.25) is 0 Å². The molecule has 3 N–H and O–H groups in total. The van der Waals surface area contributed by atoms with Gasteiger partial charge in [0.1, 0.15) is 0 Å². The number of hydrogen-bond acceptors (Lipinski definition) is 6. The van der Waals surface area contributed by atoms with E-state index in [1.165, 1.54) is 6.07 Å². The first kappa shape index (κ1) is 22.4. The fourth-order valence-corrected chi connectivity index (χ4v) is 4.11. The molecule has 10 heteroatoms. The van der Waals surface area contributed by atoms with Gasteiger partial charge in [-0.05, 0) is 60.9 Å². The van der Waals surface area contributed by atoms with Gasteiger partial charge in [-0.25, -0.2) is 8.78 Å². The van der Waals surface area contributed by atoms with Gasteiger partial charge < -0.3 is 20.2 Å². The molecule has 4 rings (SSSR count). The Morgan fingerprint density at radius 1 is 1.03 bits per heavy atom. The van der Waals surface area contributed by atoms with E-state index in [1.807, 2.05) is 12.1 Å². The molecule has 0 unspecified atom stereocenters. The number of rotatable bonds is 7. The summed E-state index contributed by atoms with van der Waals surface area (Å²) in [6.45, 7) is 0. The highest BCUT2D eigenvalue weighted by atomic mass is 19.2. The maximum absolute atomic E-state index is 13.3. The number of anilines is 3. The number of carbonyl (C=O) groups is 2. The molecule has 0 radical (unpaired) electrons. The molecule has 172 valence electrons. The summed E-state index contributed by atoms with van der Waals surface area (Å²) in [4.78, 5) is 23.4. The van der Waals surface area contributed by atoms with Crippen LogP contribution >= 0.6 is 0 Å². The first-order valence-corrected chi connectivity index (χ1v) is 10.6. The van der Waals surface area contributed by atoms with E-state index in [-0.39, 0.29) is 29.9 Å². The van der Waals surface area contributed by atoms with E-state index < -0.39 is 23.5 Å². The minimum atomic E-state index is -1.04. The molecular formula is C23H22F2N4O4. The molecule has 0 spiro atoms. The molecule has 33 heavy (non-hydrogen) atoms. The van der Waals surface area contributed by atoms with Gasteiger partial charge in [0.2, 0.25) is 0 Å². The van der Waals surface area contributed by atoms with Crippen molar-refractivity contribution in [1.29, 1.82) is 0 Å². The number of carboxylic acid groups (broad SMARTS) is 1. The van der Waals surface area contributed by atoms with Crippen molar-refractivity contribution < 1.29 is 27.9 Å². The summed E-state index contributed by atoms with van der Waals surface area (Å²) in [5.41, 5.74) is 1.84. The van der Waals surface area contributed by atoms with Gasteiger partial charge in [-0.1, -0.05) is 23.7 Å². The van der Waals surface area contributed by atoms with E-state index >= 15 is 0 Å². The quantitative estimate of drug-likeness (QED) is 0.453. The standard InChI is InChI=1S/C23H22F2N4O4/c24-18-9-8-17(12-19(18)25)27-23-29-28-22(33-23)21(32)26-16-6-4-14(5-7-16)15-3-1-2-13(10-15)11-20(30)31/h4-9,12-13,15H,1-3,10-11H2,(H,26,32)(H,27,29)(H,30,31)/t13-,15-/m1/s1. The predicted octanol–water partition coefficient (Wildman–Crippen LogP) is 5.09. The van der Waals surface area contributed by atoms with Crippen molar-refractivity contribution in [2.24, 2.45) is 5.92 Å². The second-order valence-electron chi connectivity index (χ2n) is 8.07. The van der Waals surface area contributed by atoms with Crippen molar-refractivity contribution in [1.82, 2.24) is 10.2 Å². The van der Waals surface area contributed by atoms with E-state index in [0.717, 1.165) is 43.4 Å². The van der Waals surface area contributed by atoms with Crippen LogP contribution in [0.3, 0.4) is 0 Å². The molecule has 1 aliphatic rings. The Morgan fingerprint density at radius 2 is 1.79 bits per heavy atom. The van der Waals surface area contributed by atoms with Crippen LogP contribution in [0.5, 0.6) is 0 Å². The SMILES string of the molecule is O=C(O)C[C@@H]1CCC[C@@H](c2ccc(NC(=O)c3nnc(Nc4ccc(F)c(F)c4)o3)cc2)C1. The van der Waals surface area contributed by atoms with Crippen molar-refractivity contribution in [3.8, 4) is 0 Å². The number of hydrogen-bond donors (Lipinski definition) is 3. The Labute approximate surface area is 188 Å². The number of amides is 1. The molecule has 3 aromatic rings. The Bertz CT molecular complexity index is 1150. The zero-order chi connectivity index (χ0) is 23.4. The Balaban J connectivity index is 1.35. The number of nitrogens with zero attached hydrogens (tertiary/aromatic N) is 2. The van der Waals surface area contributed by atoms with Crippen molar-refractivity contribution in [2.45, 2.75) is 38.0 Å². The van der Waals surface area contributed by atoms with Gasteiger partial charge in [-0.2, -0.15) is 0 Å². The second kappa shape index (κ2) is 9.76. The molecule has 8 nitrogen and oxygen atoms in total. The largest absolute Gasteiger partial charge is 0.481 e. The highest BCUT2D eigenvalue weighted by molar-refractivity contribution is 6.00. The number of benzene rings is 2. The monoisotopic (exact) mass is 456 g/mol. The second-order valence-corrected chi connectivity index (χ2v) is 8.07. The predicted molar refractivity (Wildman–Crippen MR) is 115 cm³/mol. The van der Waals surface area contributed by atoms with E-state index in [4.69, 9.17) is 9.52 Å². The summed E-state index contributed by atoms with van der Waals surface area (Å²) in [6.07, 6.45) is 3.99. The Hall–Kier alpha value is -3.82. The number of aromatic nitrogens is 2. The maximum atomic E-state index is 13.3. The van der Waals surface area contributed by atoms with Crippen molar-refractivity contribution >= 4 is 29.3 Å². The molecule has 1 amide bonds. The summed E-state index contributed by atoms with van der Waals surface area (Å²) < 4.78 is 31.6. The summed E-state index contributed by atoms with van der Waals surface area (Å²) >= 11 is 0. The fourth-order valence-electron chi connectivity index (χ4n) is 4.11. The number of nitrogens with one attached hydrogen (secondary N) is 2. The lowest BCUT2D eigenvalue weighted by Crippen LogP contribution is -2.17. The summed E-state index contributed by atoms with van der Waals surface area (Å²) in [7, 11) is 0. The summed E-state index contributed by atoms with van der Waals surface area (Å²) in [5.74, 6) is -3.21. The molecule has 1 saturated carbocycles. The number of halogens is 2. The number of carbonyl (C=O) groups excluding carboxylic acids is 1. The average molecular weight is 456 g/mol. The molecule has 1 aliphatic carbocycles. The Morgan fingerprint density at radius 3 is 2.52 bits per heavy atom. The molecular weight excluding hydrogens is 434 g/mol. The third-order valence-corrected chi connectivity index (χ3v) is 5.68. The molecule has 2 atom stereocenters. The van der Waals surface area contributed by atoms with Gasteiger partial charge in [0, 0.05) is 23.9 Å². The lowest BCUT2D eigenvalue weighted by Gasteiger charge is -2.28. The van der Waals surface area contributed by atoms with Crippen molar-refractivity contribution in [3.05, 3.63) is 65.6 Å². The van der Waals surface area contributed by atoms with Crippen LogP contribution in [0.1, 0.15) is 54.3 Å². The third-order valence-electron chi connectivity index (χ3n) is 5.68. The van der Waals surface area contributed by atoms with E-state index in [1.54, 1.807) is 12.1 Å². The van der Waals surface area contributed by atoms with Crippen LogP contribution in [-0.2, 0) is 4.79 Å². The minimum Gasteiger partial charge on any atom is -0.481 e. The van der Waals surface area contributed by atoms with E-state index in [2.05, 4.69) is 20.8 Å². The van der Waals surface area contributed by atoms with Crippen LogP contribution in [0, 0.1) is 17.6 Å². The topological polar surface area (TPSA) is 117 Å². The third kappa shape index (κ3) is 5.71. The zero-order valence-corrected chi connectivity index (χ0v) is 17.6. The van der Waals surface area contributed by atoms with Gasteiger partial charge >= 0.3 is 23.8 Å². The minimum absolute atomic E-state index is 0.144. The zero-order valence-electron chi connectivity index (χ0n) is 17.6. The smallest absolute Gasteiger partial charge is 0.320 e. The lowest BCUT2D eigenvalue weighted by molar-refractivity contribution is -0.138. The van der Waals surface area contributed by atoms with E-state index in [9.17, 15) is 18.4 Å². The number of aliphatic carboxylic acids is 1. The molecule has 1 heterocycles. The average Bonchev–Trinajstić information content (AvgIpc) is 3.25. The van der Waals surface area contributed by atoms with Crippen LogP contribution in [-0.4, -0.2) is 27.2 Å². The number of carboxylic acids is 1. The highest BCUT2D eigenvalue weighted by Crippen LogP contribution is 2.37. The van der Waals surface area contributed by atoms with Crippen LogP contribution in [0.25, 0.3) is 0 Å². The first-order valence-electron chi connectivity index (χ1n) is 10.6. The normalized spacial score (nSPS) is 18.0. The van der Waals surface area contributed by atoms with Gasteiger partial charge in [0.25, 0.3) is 0 Å². The highest BCUT2D eigenvalue weighted by Gasteiger charge is 2.25. The molecule has 0 bridgehead atoms. The van der Waals surface area contributed by atoms with Crippen molar-refractivity contribution in [2.75, 3.05) is 10.6 Å². The first-order chi connectivity index (χ1) is 15.9. The molecule has 1 aromatic heterocycles. The van der Waals surface area contributed by atoms with Crippen LogP contribution in [0.15, 0.2) is 46.9 Å². The maximum Gasteiger partial charge on any atom is 0.320 e. The van der Waals surface area contributed by atoms with Crippen LogP contribution in [0.4, 0.5) is 26.2 Å². The summed E-state index contributed by atoms with van der Waals surface area (Å²) in [5, 5.41) is 21.7. The van der Waals surface area contributed by atoms with Crippen molar-refractivity contribution in [3.63, 3.8) is 0 Å². The fraction of sp³-hybridized carbons (Fsp3) is 0.304. The summed E-state index contributed by atoms with van der Waals surface area (Å²) in [6, 6.07) is 10.4. The van der Waals surface area contributed by atoms with Gasteiger partial charge in [-0.15, -0.1) is 5.10 Å². The van der Waals surface area contributed by atoms with Crippen LogP contribution < -0.4 is 10.6 Å². The van der Waals surface area contributed by atoms with Gasteiger partial charge in [-0.3, -0.25) is 9.59 Å².